The van der Waals surface area contributed by atoms with E-state index in [2.05, 4.69) is 10.6 Å². The summed E-state index contributed by atoms with van der Waals surface area (Å²) in [5.41, 5.74) is 3.78. The summed E-state index contributed by atoms with van der Waals surface area (Å²) in [6, 6.07) is 12.1. The normalized spacial score (nSPS) is 14.4. The van der Waals surface area contributed by atoms with Crippen LogP contribution in [0.1, 0.15) is 17.2 Å². The number of rotatable bonds is 6. The van der Waals surface area contributed by atoms with Gasteiger partial charge in [0.1, 0.15) is 0 Å². The first-order valence-corrected chi connectivity index (χ1v) is 8.52. The minimum atomic E-state index is -1.23. The van der Waals surface area contributed by atoms with Crippen molar-refractivity contribution in [3.05, 3.63) is 77.9 Å². The van der Waals surface area contributed by atoms with Crippen LogP contribution in [0.5, 0.6) is 0 Å². The molecule has 1 aliphatic rings. The van der Waals surface area contributed by atoms with Crippen LogP contribution in [0.15, 0.2) is 66.8 Å². The van der Waals surface area contributed by atoms with Crippen molar-refractivity contribution in [2.24, 2.45) is 0 Å². The number of anilines is 1. The minimum absolute atomic E-state index is 0.428. The molecular weight excluding hydrogens is 376 g/mol. The molecule has 4 N–H and O–H groups in total. The lowest BCUT2D eigenvalue weighted by Crippen LogP contribution is -2.26. The Labute approximate surface area is 165 Å². The van der Waals surface area contributed by atoms with Crippen LogP contribution in [-0.4, -0.2) is 34.0 Å². The Hall–Kier alpha value is -4.20. The van der Waals surface area contributed by atoms with E-state index in [-0.39, 0.29) is 0 Å². The van der Waals surface area contributed by atoms with Gasteiger partial charge in [-0.15, -0.1) is 0 Å². The van der Waals surface area contributed by atoms with E-state index in [9.17, 15) is 19.2 Å². The zero-order valence-electron chi connectivity index (χ0n) is 15.0. The monoisotopic (exact) mass is 392 g/mol. The standard InChI is InChI=1S/C21H16N2O6/c24-17(7-9-19(26)27)22-12-5-6-14-13-3-1-2-4-15(13)21(16(14)11-12)23-18(25)8-10-20(28)29/h1-11,21H,(H,22,24)(H,23,25)(H,26,27)(H,28,29). The average molecular weight is 392 g/mol. The number of hydrogen-bond donors (Lipinski definition) is 4. The van der Waals surface area contributed by atoms with Crippen LogP contribution in [0.2, 0.25) is 0 Å². The molecule has 0 bridgehead atoms. The molecule has 1 unspecified atom stereocenters. The Morgan fingerprint density at radius 1 is 0.759 bits per heavy atom. The molecule has 0 saturated heterocycles. The number of carbonyl (C=O) groups is 4. The van der Waals surface area contributed by atoms with Gasteiger partial charge in [0.15, 0.2) is 0 Å². The number of amides is 2. The number of carbonyl (C=O) groups excluding carboxylic acids is 2. The molecule has 0 spiro atoms. The van der Waals surface area contributed by atoms with Gasteiger partial charge in [-0.25, -0.2) is 9.59 Å². The van der Waals surface area contributed by atoms with Crippen molar-refractivity contribution < 1.29 is 29.4 Å². The second-order valence-electron chi connectivity index (χ2n) is 6.16. The number of carboxylic acid groups (broad SMARTS) is 2. The average Bonchev–Trinajstić information content (AvgIpc) is 2.98. The number of aliphatic carboxylic acids is 2. The van der Waals surface area contributed by atoms with Crippen molar-refractivity contribution in [1.82, 2.24) is 5.32 Å². The lowest BCUT2D eigenvalue weighted by Gasteiger charge is -2.15. The summed E-state index contributed by atoms with van der Waals surface area (Å²) in [5, 5.41) is 22.6. The molecule has 0 saturated carbocycles. The Balaban J connectivity index is 1.91. The molecule has 146 valence electrons. The van der Waals surface area contributed by atoms with Gasteiger partial charge in [0.2, 0.25) is 11.8 Å². The van der Waals surface area contributed by atoms with E-state index in [1.165, 1.54) is 0 Å². The fourth-order valence-electron chi connectivity index (χ4n) is 3.11. The molecule has 1 atom stereocenters. The van der Waals surface area contributed by atoms with E-state index in [0.717, 1.165) is 46.6 Å². The summed E-state index contributed by atoms with van der Waals surface area (Å²) in [5.74, 6) is -3.64. The van der Waals surface area contributed by atoms with Gasteiger partial charge >= 0.3 is 11.9 Å². The molecule has 8 nitrogen and oxygen atoms in total. The molecule has 0 aliphatic heterocycles. The number of carboxylic acids is 2. The lowest BCUT2D eigenvalue weighted by atomic mass is 10.0. The van der Waals surface area contributed by atoms with Crippen molar-refractivity contribution >= 4 is 29.4 Å². The molecule has 3 rings (SSSR count). The first kappa shape index (κ1) is 19.6. The highest BCUT2D eigenvalue weighted by molar-refractivity contribution is 6.02. The fraction of sp³-hybridized carbons (Fsp3) is 0.0476. The number of hydrogen-bond acceptors (Lipinski definition) is 4. The van der Waals surface area contributed by atoms with Gasteiger partial charge in [-0.1, -0.05) is 30.3 Å². The second-order valence-corrected chi connectivity index (χ2v) is 6.16. The summed E-state index contributed by atoms with van der Waals surface area (Å²) in [7, 11) is 0. The van der Waals surface area contributed by atoms with Crippen molar-refractivity contribution in [3.63, 3.8) is 0 Å². The number of fused-ring (bicyclic) bond motifs is 3. The highest BCUT2D eigenvalue weighted by atomic mass is 16.4. The number of benzene rings is 2. The molecule has 0 fully saturated rings. The van der Waals surface area contributed by atoms with E-state index >= 15 is 0 Å². The van der Waals surface area contributed by atoms with Crippen molar-refractivity contribution in [2.45, 2.75) is 6.04 Å². The van der Waals surface area contributed by atoms with E-state index < -0.39 is 29.8 Å². The van der Waals surface area contributed by atoms with Crippen LogP contribution in [0.3, 0.4) is 0 Å². The highest BCUT2D eigenvalue weighted by Crippen LogP contribution is 2.44. The SMILES string of the molecule is O=C(O)C=CC(=O)Nc1ccc2c(c1)C(NC(=O)C=CC(=O)O)c1ccccc1-2. The zero-order valence-corrected chi connectivity index (χ0v) is 15.0. The van der Waals surface area contributed by atoms with Gasteiger partial charge in [-0.05, 0) is 34.4 Å². The predicted octanol–water partition coefficient (Wildman–Crippen LogP) is 2.09. The fourth-order valence-corrected chi connectivity index (χ4v) is 3.11. The molecular formula is C21H16N2O6. The Morgan fingerprint density at radius 2 is 1.38 bits per heavy atom. The Morgan fingerprint density at radius 3 is 2.07 bits per heavy atom. The smallest absolute Gasteiger partial charge is 0.328 e. The quantitative estimate of drug-likeness (QED) is 0.557. The van der Waals surface area contributed by atoms with E-state index in [1.54, 1.807) is 18.2 Å². The summed E-state index contributed by atoms with van der Waals surface area (Å²) >= 11 is 0. The molecule has 8 heteroatoms. The number of nitrogens with one attached hydrogen (secondary N) is 2. The van der Waals surface area contributed by atoms with E-state index in [0.29, 0.717) is 5.69 Å². The molecule has 1 aliphatic carbocycles. The van der Waals surface area contributed by atoms with Gasteiger partial charge in [-0.2, -0.15) is 0 Å². The maximum absolute atomic E-state index is 12.1. The van der Waals surface area contributed by atoms with Gasteiger partial charge in [0.05, 0.1) is 6.04 Å². The highest BCUT2D eigenvalue weighted by Gasteiger charge is 2.29. The van der Waals surface area contributed by atoms with Gasteiger partial charge in [-0.3, -0.25) is 9.59 Å². The van der Waals surface area contributed by atoms with Crippen molar-refractivity contribution in [1.29, 1.82) is 0 Å². The maximum atomic E-state index is 12.1. The van der Waals surface area contributed by atoms with Crippen LogP contribution >= 0.6 is 0 Å². The molecule has 29 heavy (non-hydrogen) atoms. The second kappa shape index (κ2) is 8.22. The topological polar surface area (TPSA) is 133 Å². The summed E-state index contributed by atoms with van der Waals surface area (Å²) < 4.78 is 0. The molecule has 0 radical (unpaired) electrons. The van der Waals surface area contributed by atoms with Gasteiger partial charge < -0.3 is 20.8 Å². The molecule has 2 aromatic rings. The van der Waals surface area contributed by atoms with Crippen molar-refractivity contribution in [3.8, 4) is 11.1 Å². The van der Waals surface area contributed by atoms with Crippen LogP contribution in [0.25, 0.3) is 11.1 Å². The molecule has 0 aromatic heterocycles. The van der Waals surface area contributed by atoms with Gasteiger partial charge in [0, 0.05) is 30.0 Å². The largest absolute Gasteiger partial charge is 0.478 e. The van der Waals surface area contributed by atoms with Crippen LogP contribution in [0.4, 0.5) is 5.69 Å². The first-order valence-electron chi connectivity index (χ1n) is 8.52. The molecule has 2 amide bonds. The third-order valence-electron chi connectivity index (χ3n) is 4.23. The Bertz CT molecular complexity index is 1070. The third-order valence-corrected chi connectivity index (χ3v) is 4.23. The van der Waals surface area contributed by atoms with E-state index in [4.69, 9.17) is 10.2 Å². The minimum Gasteiger partial charge on any atom is -0.478 e. The zero-order chi connectivity index (χ0) is 21.0. The summed E-state index contributed by atoms with van der Waals surface area (Å²) in [4.78, 5) is 45.1. The van der Waals surface area contributed by atoms with Crippen molar-refractivity contribution in [2.75, 3.05) is 5.32 Å². The Kier molecular flexibility index (Phi) is 5.54. The van der Waals surface area contributed by atoms with Gasteiger partial charge in [0.25, 0.3) is 0 Å². The van der Waals surface area contributed by atoms with Crippen LogP contribution < -0.4 is 10.6 Å². The predicted molar refractivity (Wildman–Crippen MR) is 104 cm³/mol. The van der Waals surface area contributed by atoms with Crippen LogP contribution in [-0.2, 0) is 19.2 Å². The summed E-state index contributed by atoms with van der Waals surface area (Å²) in [6.45, 7) is 0. The van der Waals surface area contributed by atoms with E-state index in [1.807, 2.05) is 24.3 Å². The first-order chi connectivity index (χ1) is 13.8. The molecule has 2 aromatic carbocycles. The third kappa shape index (κ3) is 4.56. The summed E-state index contributed by atoms with van der Waals surface area (Å²) in [6.07, 6.45) is 3.32. The lowest BCUT2D eigenvalue weighted by molar-refractivity contribution is -0.132. The molecule has 0 heterocycles. The van der Waals surface area contributed by atoms with Crippen LogP contribution in [0, 0.1) is 0 Å². The maximum Gasteiger partial charge on any atom is 0.328 e.